The predicted octanol–water partition coefficient (Wildman–Crippen LogP) is 2.03. The zero-order valence-electron chi connectivity index (χ0n) is 12.7. The second-order valence-corrected chi connectivity index (χ2v) is 6.98. The Morgan fingerprint density at radius 3 is 2.82 bits per heavy atom. The highest BCUT2D eigenvalue weighted by atomic mass is 32.1. The lowest BCUT2D eigenvalue weighted by atomic mass is 10.3. The van der Waals surface area contributed by atoms with Crippen molar-refractivity contribution in [2.45, 2.75) is 19.9 Å². The van der Waals surface area contributed by atoms with Crippen LogP contribution in [0.4, 0.5) is 0 Å². The highest BCUT2D eigenvalue weighted by molar-refractivity contribution is 7.18. The van der Waals surface area contributed by atoms with E-state index in [4.69, 9.17) is 0 Å². The number of carbonyl (C=O) groups is 2. The molecule has 2 aromatic rings. The lowest BCUT2D eigenvalue weighted by Gasteiger charge is -2.16. The molecule has 0 spiro atoms. The van der Waals surface area contributed by atoms with Crippen LogP contribution in [-0.4, -0.2) is 35.3 Å². The van der Waals surface area contributed by atoms with Gasteiger partial charge in [-0.1, -0.05) is 19.1 Å². The van der Waals surface area contributed by atoms with E-state index >= 15 is 0 Å². The molecule has 22 heavy (non-hydrogen) atoms. The Morgan fingerprint density at radius 2 is 2.14 bits per heavy atom. The minimum absolute atomic E-state index is 0.00534. The number of para-hydroxylation sites is 1. The average molecular weight is 317 g/mol. The van der Waals surface area contributed by atoms with Gasteiger partial charge in [-0.3, -0.25) is 9.59 Å². The molecular weight excluding hydrogens is 298 g/mol. The number of benzene rings is 1. The van der Waals surface area contributed by atoms with Gasteiger partial charge in [-0.25, -0.2) is 4.98 Å². The third kappa shape index (κ3) is 3.27. The molecule has 6 heteroatoms. The fraction of sp³-hybridized carbons (Fsp3) is 0.438. The van der Waals surface area contributed by atoms with Gasteiger partial charge in [-0.2, -0.15) is 0 Å². The fourth-order valence-electron chi connectivity index (χ4n) is 2.39. The molecule has 3 rings (SSSR count). The van der Waals surface area contributed by atoms with Crippen molar-refractivity contribution in [1.29, 1.82) is 0 Å². The predicted molar refractivity (Wildman–Crippen MR) is 86.4 cm³/mol. The molecule has 5 nitrogen and oxygen atoms in total. The molecule has 2 amide bonds. The van der Waals surface area contributed by atoms with E-state index in [9.17, 15) is 9.59 Å². The van der Waals surface area contributed by atoms with Crippen molar-refractivity contribution in [2.75, 3.05) is 13.6 Å². The van der Waals surface area contributed by atoms with Gasteiger partial charge in [0.15, 0.2) is 0 Å². The highest BCUT2D eigenvalue weighted by Crippen LogP contribution is 2.37. The molecule has 1 fully saturated rings. The Balaban J connectivity index is 1.53. The number of hydrogen-bond donors (Lipinski definition) is 1. The van der Waals surface area contributed by atoms with Gasteiger partial charge in [0.1, 0.15) is 5.01 Å². The molecule has 0 aliphatic heterocycles. The summed E-state index contributed by atoms with van der Waals surface area (Å²) in [7, 11) is 1.74. The summed E-state index contributed by atoms with van der Waals surface area (Å²) in [4.78, 5) is 29.9. The van der Waals surface area contributed by atoms with Crippen LogP contribution >= 0.6 is 11.3 Å². The quantitative estimate of drug-likeness (QED) is 0.918. The maximum Gasteiger partial charge on any atom is 0.242 e. The molecule has 1 aromatic carbocycles. The van der Waals surface area contributed by atoms with E-state index in [1.165, 1.54) is 0 Å². The first-order valence-electron chi connectivity index (χ1n) is 7.40. The maximum atomic E-state index is 12.1. The van der Waals surface area contributed by atoms with Crippen molar-refractivity contribution < 1.29 is 9.59 Å². The topological polar surface area (TPSA) is 62.3 Å². The minimum Gasteiger partial charge on any atom is -0.347 e. The molecule has 0 radical (unpaired) electrons. The van der Waals surface area contributed by atoms with Crippen LogP contribution in [0.1, 0.15) is 18.4 Å². The lowest BCUT2D eigenvalue weighted by molar-refractivity contribution is -0.132. The van der Waals surface area contributed by atoms with Crippen molar-refractivity contribution in [3.63, 3.8) is 0 Å². The zero-order chi connectivity index (χ0) is 15.7. The fourth-order valence-corrected chi connectivity index (χ4v) is 3.42. The Kier molecular flexibility index (Phi) is 4.11. The Hall–Kier alpha value is -1.95. The molecule has 1 saturated carbocycles. The van der Waals surface area contributed by atoms with Crippen molar-refractivity contribution in [3.05, 3.63) is 29.3 Å². The smallest absolute Gasteiger partial charge is 0.242 e. The Bertz CT molecular complexity index is 679. The number of hydrogen-bond acceptors (Lipinski definition) is 4. The monoisotopic (exact) mass is 317 g/mol. The largest absolute Gasteiger partial charge is 0.347 e. The van der Waals surface area contributed by atoms with Crippen LogP contribution in [0, 0.1) is 11.8 Å². The molecule has 116 valence electrons. The normalized spacial score (nSPS) is 19.9. The molecule has 1 aliphatic carbocycles. The molecule has 0 bridgehead atoms. The number of nitrogens with one attached hydrogen (secondary N) is 1. The second kappa shape index (κ2) is 6.04. The van der Waals surface area contributed by atoms with Crippen LogP contribution in [-0.2, 0) is 16.1 Å². The Labute approximate surface area is 133 Å². The molecule has 1 heterocycles. The van der Waals surface area contributed by atoms with E-state index in [1.54, 1.807) is 23.3 Å². The number of amides is 2. The van der Waals surface area contributed by atoms with Crippen molar-refractivity contribution in [2.24, 2.45) is 11.8 Å². The van der Waals surface area contributed by atoms with Gasteiger partial charge in [0.2, 0.25) is 11.8 Å². The number of thiazole rings is 1. The van der Waals surface area contributed by atoms with Gasteiger partial charge in [0.25, 0.3) is 0 Å². The van der Waals surface area contributed by atoms with Gasteiger partial charge in [0.05, 0.1) is 23.3 Å². The summed E-state index contributed by atoms with van der Waals surface area (Å²) in [6.45, 7) is 2.57. The number of rotatable bonds is 5. The van der Waals surface area contributed by atoms with E-state index in [1.807, 2.05) is 31.2 Å². The first kappa shape index (κ1) is 15.0. The van der Waals surface area contributed by atoms with Crippen molar-refractivity contribution in [3.8, 4) is 0 Å². The van der Waals surface area contributed by atoms with Crippen molar-refractivity contribution in [1.82, 2.24) is 15.2 Å². The first-order valence-corrected chi connectivity index (χ1v) is 8.22. The van der Waals surface area contributed by atoms with Crippen LogP contribution in [0.3, 0.4) is 0 Å². The summed E-state index contributed by atoms with van der Waals surface area (Å²) in [5.41, 5.74) is 0.958. The Morgan fingerprint density at radius 1 is 1.41 bits per heavy atom. The number of carbonyl (C=O) groups excluding carboxylic acids is 2. The summed E-state index contributed by atoms with van der Waals surface area (Å²) in [6.07, 6.45) is 0.932. The highest BCUT2D eigenvalue weighted by Gasteiger charge is 2.39. The number of fused-ring (bicyclic) bond motifs is 1. The SMILES string of the molecule is C[C@@H]1C[C@H]1C(=O)NCC(=O)N(C)Cc1nc2ccccc2s1. The average Bonchev–Trinajstić information content (AvgIpc) is 3.09. The molecule has 2 atom stereocenters. The van der Waals surface area contributed by atoms with Crippen LogP contribution in [0.5, 0.6) is 0 Å². The third-order valence-electron chi connectivity index (χ3n) is 4.00. The van der Waals surface area contributed by atoms with Crippen molar-refractivity contribution >= 4 is 33.4 Å². The van der Waals surface area contributed by atoms with Gasteiger partial charge in [-0.05, 0) is 24.5 Å². The van der Waals surface area contributed by atoms with Gasteiger partial charge in [-0.15, -0.1) is 11.3 Å². The standard InChI is InChI=1S/C16H19N3O2S/c1-10-7-11(10)16(21)17-8-15(20)19(2)9-14-18-12-5-3-4-6-13(12)22-14/h3-6,10-11H,7-9H2,1-2H3,(H,17,21)/t10-,11-/m1/s1. The van der Waals surface area contributed by atoms with Crippen LogP contribution in [0.25, 0.3) is 10.2 Å². The molecule has 0 saturated heterocycles. The molecular formula is C16H19N3O2S. The molecule has 1 aliphatic rings. The van der Waals surface area contributed by atoms with E-state index in [2.05, 4.69) is 10.3 Å². The van der Waals surface area contributed by atoms with Gasteiger partial charge < -0.3 is 10.2 Å². The van der Waals surface area contributed by atoms with E-state index in [0.29, 0.717) is 12.5 Å². The third-order valence-corrected chi connectivity index (χ3v) is 5.02. The number of likely N-dealkylation sites (N-methyl/N-ethyl adjacent to an activating group) is 1. The van der Waals surface area contributed by atoms with Crippen LogP contribution in [0.15, 0.2) is 24.3 Å². The van der Waals surface area contributed by atoms with Gasteiger partial charge >= 0.3 is 0 Å². The van der Waals surface area contributed by atoms with Gasteiger partial charge in [0, 0.05) is 13.0 Å². The second-order valence-electron chi connectivity index (χ2n) is 5.86. The summed E-state index contributed by atoms with van der Waals surface area (Å²) in [5.74, 6) is 0.452. The minimum atomic E-state index is -0.0964. The summed E-state index contributed by atoms with van der Waals surface area (Å²) in [6, 6.07) is 7.92. The van der Waals surface area contributed by atoms with Crippen LogP contribution < -0.4 is 5.32 Å². The summed E-state index contributed by atoms with van der Waals surface area (Å²) < 4.78 is 1.12. The van der Waals surface area contributed by atoms with E-state index < -0.39 is 0 Å². The number of nitrogens with zero attached hydrogens (tertiary/aromatic N) is 2. The zero-order valence-corrected chi connectivity index (χ0v) is 13.5. The number of aromatic nitrogens is 1. The lowest BCUT2D eigenvalue weighted by Crippen LogP contribution is -2.38. The molecule has 0 unspecified atom stereocenters. The summed E-state index contributed by atoms with van der Waals surface area (Å²) in [5, 5.41) is 3.62. The maximum absolute atomic E-state index is 12.1. The van der Waals surface area contributed by atoms with Crippen LogP contribution in [0.2, 0.25) is 0 Å². The first-order chi connectivity index (χ1) is 10.5. The van der Waals surface area contributed by atoms with E-state index in [0.717, 1.165) is 21.6 Å². The molecule has 1 aromatic heterocycles. The van der Waals surface area contributed by atoms with E-state index in [-0.39, 0.29) is 24.3 Å². The molecule has 1 N–H and O–H groups in total. The summed E-state index contributed by atoms with van der Waals surface area (Å²) >= 11 is 1.59.